The van der Waals surface area contributed by atoms with Crippen LogP contribution < -0.4 is 0 Å². The molecule has 324 valence electrons. The number of unbranched alkanes of at least 4 members (excludes halogenated alkanes) is 24. The molecule has 0 aliphatic carbocycles. The smallest absolute Gasteiger partial charge is 0.789 e. The third-order valence-corrected chi connectivity index (χ3v) is 9.02. The number of carbonyl (C=O) groups is 2. The Balaban J connectivity index is -0.000000249. The molecule has 0 rings (SSSR count). The van der Waals surface area contributed by atoms with Gasteiger partial charge in [0.05, 0.1) is 13.2 Å². The summed E-state index contributed by atoms with van der Waals surface area (Å²) in [4.78, 5) is 22.5. The molecule has 0 saturated carbocycles. The maximum Gasteiger partial charge on any atom is 2.00 e. The van der Waals surface area contributed by atoms with E-state index in [0.717, 1.165) is 38.5 Å². The summed E-state index contributed by atoms with van der Waals surface area (Å²) in [6.45, 7) is 16.8. The van der Waals surface area contributed by atoms with Gasteiger partial charge >= 0.3 is 35.8 Å². The molecule has 0 bridgehead atoms. The number of carbonyl (C=O) groups excluding carboxylic acids is 2. The Kier molecular flexibility index (Phi) is 76.6. The fourth-order valence-electron chi connectivity index (χ4n) is 5.14. The van der Waals surface area contributed by atoms with Crippen LogP contribution in [-0.4, -0.2) is 60.6 Å². The molecular weight excluding hydrogens is 823 g/mol. The number of ether oxygens (including phenoxy) is 2. The maximum atomic E-state index is 11.3. The van der Waals surface area contributed by atoms with Crippen LogP contribution in [0.2, 0.25) is 0 Å². The minimum Gasteiger partial charge on any atom is -0.789 e. The van der Waals surface area contributed by atoms with Crippen molar-refractivity contribution in [3.05, 3.63) is 38.2 Å². The van der Waals surface area contributed by atoms with Crippen molar-refractivity contribution >= 4 is 61.1 Å². The van der Waals surface area contributed by atoms with Gasteiger partial charge in [-0.1, -0.05) is 194 Å². The zero-order valence-electron chi connectivity index (χ0n) is 37.1. The van der Waals surface area contributed by atoms with Gasteiger partial charge in [0.25, 0.3) is 0 Å². The van der Waals surface area contributed by atoms with Gasteiger partial charge in [0.2, 0.25) is 0 Å². The predicted octanol–water partition coefficient (Wildman–Crippen LogP) is 15.1. The summed E-state index contributed by atoms with van der Waals surface area (Å²) >= 11 is 9.47. The molecule has 7 heteroatoms. The Bertz CT molecular complexity index is 669. The second-order valence-electron chi connectivity index (χ2n) is 14.2. The third kappa shape index (κ3) is 75.4. The summed E-state index contributed by atoms with van der Waals surface area (Å²) in [6, 6.07) is 0. The zero-order valence-corrected chi connectivity index (χ0v) is 41.6. The fourth-order valence-corrected chi connectivity index (χ4v) is 5.30. The number of hydrogen-bond donors (Lipinski definition) is 0. The first-order valence-corrected chi connectivity index (χ1v) is 24.0. The van der Waals surface area contributed by atoms with Gasteiger partial charge in [0.15, 0.2) is 0 Å². The van der Waals surface area contributed by atoms with Gasteiger partial charge in [0.1, 0.15) is 0 Å². The van der Waals surface area contributed by atoms with E-state index in [2.05, 4.69) is 65.8 Å². The van der Waals surface area contributed by atoms with E-state index in [-0.39, 0.29) is 35.8 Å². The molecule has 0 spiro atoms. The van der Waals surface area contributed by atoms with Crippen LogP contribution in [0.3, 0.4) is 0 Å². The summed E-state index contributed by atoms with van der Waals surface area (Å²) < 4.78 is 9.92. The standard InChI is InChI=1S/2C20H38O2S.2C4H9.Sn/c2*1-2-3-4-5-6-7-8-9-10-11-12-13-14-15-16-17-20(21)22-18-19-23;2*1-3-4-2;/h2*9-10,23H,2-8,11-19H2,1H3;2*1,3-4H2,2H3;/q;;;;+2/p-2/b2*10-9+;;;. The van der Waals surface area contributed by atoms with Crippen molar-refractivity contribution < 1.29 is 19.1 Å². The van der Waals surface area contributed by atoms with Crippen molar-refractivity contribution in [3.63, 3.8) is 0 Å². The van der Waals surface area contributed by atoms with Crippen molar-refractivity contribution in [2.75, 3.05) is 24.7 Å². The van der Waals surface area contributed by atoms with E-state index >= 15 is 0 Å². The Morgan fingerprint density at radius 1 is 0.418 bits per heavy atom. The molecule has 0 amide bonds. The molecule has 0 N–H and O–H groups in total. The van der Waals surface area contributed by atoms with Crippen molar-refractivity contribution in [3.8, 4) is 0 Å². The summed E-state index contributed by atoms with van der Waals surface area (Å²) in [5, 5.41) is 0. The van der Waals surface area contributed by atoms with Crippen LogP contribution in [0.5, 0.6) is 0 Å². The van der Waals surface area contributed by atoms with Crippen molar-refractivity contribution in [2.24, 2.45) is 0 Å². The van der Waals surface area contributed by atoms with Gasteiger partial charge < -0.3 is 34.7 Å². The number of rotatable bonds is 36. The summed E-state index contributed by atoms with van der Waals surface area (Å²) in [7, 11) is 0. The number of allylic oxidation sites excluding steroid dienone is 4. The van der Waals surface area contributed by atoms with Crippen LogP contribution in [-0.2, 0) is 44.3 Å². The number of hydrogen-bond acceptors (Lipinski definition) is 6. The molecule has 0 aromatic rings. The molecule has 0 atom stereocenters. The van der Waals surface area contributed by atoms with Crippen LogP contribution in [0, 0.1) is 13.8 Å². The molecule has 0 aliphatic heterocycles. The molecule has 0 heterocycles. The van der Waals surface area contributed by atoms with Crippen molar-refractivity contribution in [2.45, 2.75) is 233 Å². The number of esters is 2. The van der Waals surface area contributed by atoms with Crippen LogP contribution in [0.4, 0.5) is 0 Å². The summed E-state index contributed by atoms with van der Waals surface area (Å²) in [5.41, 5.74) is 0. The molecule has 0 aromatic carbocycles. The second-order valence-corrected chi connectivity index (χ2v) is 15.0. The van der Waals surface area contributed by atoms with Crippen molar-refractivity contribution in [1.29, 1.82) is 0 Å². The molecule has 4 nitrogen and oxygen atoms in total. The Labute approximate surface area is 373 Å². The first kappa shape index (κ1) is 64.1. The normalized spacial score (nSPS) is 10.5. The molecule has 0 aromatic heterocycles. The van der Waals surface area contributed by atoms with Gasteiger partial charge in [-0.3, -0.25) is 9.59 Å². The van der Waals surface area contributed by atoms with E-state index in [0.29, 0.717) is 37.6 Å². The van der Waals surface area contributed by atoms with E-state index in [9.17, 15) is 9.59 Å². The maximum absolute atomic E-state index is 11.3. The molecular formula is C48H92O4S2Sn. The topological polar surface area (TPSA) is 52.6 Å². The fraction of sp³-hybridized carbons (Fsp3) is 0.833. The molecule has 0 unspecified atom stereocenters. The van der Waals surface area contributed by atoms with Gasteiger partial charge in [0, 0.05) is 12.8 Å². The monoisotopic (exact) mass is 917 g/mol. The predicted molar refractivity (Wildman–Crippen MR) is 252 cm³/mol. The summed E-state index contributed by atoms with van der Waals surface area (Å²) in [6.07, 6.45) is 48.2. The summed E-state index contributed by atoms with van der Waals surface area (Å²) in [5.74, 6) is 0.816. The first-order valence-electron chi connectivity index (χ1n) is 22.8. The van der Waals surface area contributed by atoms with E-state index in [4.69, 9.17) is 34.7 Å². The quantitative estimate of drug-likeness (QED) is 0.0205. The minimum atomic E-state index is -0.0903. The third-order valence-electron chi connectivity index (χ3n) is 8.69. The van der Waals surface area contributed by atoms with E-state index < -0.39 is 0 Å². The average Bonchev–Trinajstić information content (AvgIpc) is 3.19. The average molecular weight is 916 g/mol. The van der Waals surface area contributed by atoms with Crippen LogP contribution in [0.25, 0.3) is 0 Å². The molecule has 0 saturated heterocycles. The van der Waals surface area contributed by atoms with E-state index in [1.807, 2.05) is 0 Å². The molecule has 4 radical (unpaired) electrons. The molecule has 0 aliphatic rings. The van der Waals surface area contributed by atoms with Gasteiger partial charge in [-0.2, -0.15) is 0 Å². The second kappa shape index (κ2) is 65.8. The zero-order chi connectivity index (χ0) is 40.9. The van der Waals surface area contributed by atoms with Crippen LogP contribution in [0.15, 0.2) is 24.3 Å². The van der Waals surface area contributed by atoms with E-state index in [1.54, 1.807) is 0 Å². The SMILES string of the molecule is CCCCCCCC/C=C/CCCCCCCC(=O)OCC[S-].CCCCCCCC/C=C/CCCCCCCC(=O)OCC[S-].[CH2]CCC.[CH2]CCC.[Sn+2]. The van der Waals surface area contributed by atoms with E-state index in [1.165, 1.54) is 154 Å². The van der Waals surface area contributed by atoms with Crippen molar-refractivity contribution in [1.82, 2.24) is 0 Å². The van der Waals surface area contributed by atoms with Crippen LogP contribution >= 0.6 is 0 Å². The molecule has 55 heavy (non-hydrogen) atoms. The first-order chi connectivity index (χ1) is 26.4. The minimum absolute atomic E-state index is 0. The van der Waals surface area contributed by atoms with Gasteiger partial charge in [-0.15, -0.1) is 11.5 Å². The largest absolute Gasteiger partial charge is 2.00 e. The Morgan fingerprint density at radius 3 is 0.891 bits per heavy atom. The molecule has 0 fully saturated rings. The van der Waals surface area contributed by atoms with Crippen LogP contribution in [0.1, 0.15) is 233 Å². The van der Waals surface area contributed by atoms with Gasteiger partial charge in [-0.25, -0.2) is 0 Å². The van der Waals surface area contributed by atoms with Gasteiger partial charge in [-0.05, 0) is 64.2 Å². The Morgan fingerprint density at radius 2 is 0.655 bits per heavy atom. The Hall–Kier alpha value is -0.0813.